The average molecular weight is 267 g/mol. The Hall–Kier alpha value is -1.89. The van der Waals surface area contributed by atoms with Gasteiger partial charge in [0.05, 0.1) is 11.1 Å². The van der Waals surface area contributed by atoms with Gasteiger partial charge in [-0.25, -0.2) is 17.5 Å². The standard InChI is InChI=1S/C11H9NO5S/c13-10-8-4-1-6(11(14)15)5-9(8)18(16,17)12(10)7-2-3-7/h1,4-5,7H,2-3H2,(H,14,15). The summed E-state index contributed by atoms with van der Waals surface area (Å²) in [6.45, 7) is 0. The third-order valence-corrected chi connectivity index (χ3v) is 4.95. The van der Waals surface area contributed by atoms with Crippen LogP contribution in [0.25, 0.3) is 0 Å². The van der Waals surface area contributed by atoms with Gasteiger partial charge in [-0.05, 0) is 31.0 Å². The van der Waals surface area contributed by atoms with E-state index in [4.69, 9.17) is 5.11 Å². The minimum atomic E-state index is -3.87. The maximum absolute atomic E-state index is 12.2. The van der Waals surface area contributed by atoms with E-state index in [0.717, 1.165) is 10.4 Å². The molecule has 1 heterocycles. The lowest BCUT2D eigenvalue weighted by Gasteiger charge is -2.13. The number of sulfonamides is 1. The number of carboxylic acids is 1. The number of carboxylic acid groups (broad SMARTS) is 1. The van der Waals surface area contributed by atoms with Crippen molar-refractivity contribution in [3.8, 4) is 0 Å². The normalized spacial score (nSPS) is 20.9. The smallest absolute Gasteiger partial charge is 0.335 e. The van der Waals surface area contributed by atoms with Gasteiger partial charge in [0.2, 0.25) is 0 Å². The first kappa shape index (κ1) is 11.2. The van der Waals surface area contributed by atoms with Crippen molar-refractivity contribution in [2.75, 3.05) is 0 Å². The fourth-order valence-corrected chi connectivity index (χ4v) is 3.89. The average Bonchev–Trinajstić information content (AvgIpc) is 3.09. The number of fused-ring (bicyclic) bond motifs is 1. The molecule has 7 heteroatoms. The number of nitrogens with zero attached hydrogens (tertiary/aromatic N) is 1. The Balaban J connectivity index is 2.20. The zero-order valence-electron chi connectivity index (χ0n) is 9.16. The maximum atomic E-state index is 12.2. The van der Waals surface area contributed by atoms with Crippen LogP contribution in [0.4, 0.5) is 0 Å². The number of hydrogen-bond acceptors (Lipinski definition) is 4. The van der Waals surface area contributed by atoms with Crippen molar-refractivity contribution in [1.29, 1.82) is 0 Å². The molecule has 3 rings (SSSR count). The van der Waals surface area contributed by atoms with Crippen LogP contribution in [0.1, 0.15) is 33.6 Å². The third-order valence-electron chi connectivity index (χ3n) is 3.07. The lowest BCUT2D eigenvalue weighted by Crippen LogP contribution is -2.31. The lowest BCUT2D eigenvalue weighted by atomic mass is 10.1. The summed E-state index contributed by atoms with van der Waals surface area (Å²) in [5, 5.41) is 8.85. The Morgan fingerprint density at radius 3 is 2.56 bits per heavy atom. The Morgan fingerprint density at radius 2 is 2.00 bits per heavy atom. The van der Waals surface area contributed by atoms with E-state index in [0.29, 0.717) is 12.8 Å². The monoisotopic (exact) mass is 267 g/mol. The molecule has 0 bridgehead atoms. The van der Waals surface area contributed by atoms with E-state index in [1.54, 1.807) is 0 Å². The number of carbonyl (C=O) groups excluding carboxylic acids is 1. The first-order valence-electron chi connectivity index (χ1n) is 5.39. The van der Waals surface area contributed by atoms with Crippen LogP contribution >= 0.6 is 0 Å². The fraction of sp³-hybridized carbons (Fsp3) is 0.273. The quantitative estimate of drug-likeness (QED) is 0.851. The van der Waals surface area contributed by atoms with Crippen LogP contribution < -0.4 is 0 Å². The van der Waals surface area contributed by atoms with Crippen LogP contribution in [-0.4, -0.2) is 35.7 Å². The molecule has 6 nitrogen and oxygen atoms in total. The van der Waals surface area contributed by atoms with Gasteiger partial charge in [-0.15, -0.1) is 0 Å². The molecule has 1 N–H and O–H groups in total. The van der Waals surface area contributed by atoms with Gasteiger partial charge in [0.1, 0.15) is 4.90 Å². The summed E-state index contributed by atoms with van der Waals surface area (Å²) in [7, 11) is -3.87. The highest BCUT2D eigenvalue weighted by molar-refractivity contribution is 7.90. The van der Waals surface area contributed by atoms with E-state index in [1.165, 1.54) is 12.1 Å². The predicted octanol–water partition coefficient (Wildman–Crippen LogP) is 0.692. The Bertz CT molecular complexity index is 675. The number of amides is 1. The lowest BCUT2D eigenvalue weighted by molar-refractivity contribution is 0.0695. The molecule has 1 aliphatic carbocycles. The van der Waals surface area contributed by atoms with E-state index >= 15 is 0 Å². The SMILES string of the molecule is O=C(O)c1ccc2c(c1)S(=O)(=O)N(C1CC1)C2=O. The van der Waals surface area contributed by atoms with Gasteiger partial charge in [-0.2, -0.15) is 0 Å². The number of carbonyl (C=O) groups is 2. The minimum Gasteiger partial charge on any atom is -0.478 e. The molecule has 1 saturated carbocycles. The summed E-state index contributed by atoms with van der Waals surface area (Å²) in [6.07, 6.45) is 1.34. The molecular weight excluding hydrogens is 258 g/mol. The van der Waals surface area contributed by atoms with E-state index in [2.05, 4.69) is 0 Å². The van der Waals surface area contributed by atoms with Crippen LogP contribution in [0, 0.1) is 0 Å². The summed E-state index contributed by atoms with van der Waals surface area (Å²) in [5.74, 6) is -1.77. The molecular formula is C11H9NO5S. The number of benzene rings is 1. The molecule has 0 aromatic heterocycles. The van der Waals surface area contributed by atoms with Gasteiger partial charge in [0, 0.05) is 6.04 Å². The Labute approximate surface area is 103 Å². The van der Waals surface area contributed by atoms with E-state index < -0.39 is 21.9 Å². The van der Waals surface area contributed by atoms with Crippen molar-refractivity contribution in [3.05, 3.63) is 29.3 Å². The number of hydrogen-bond donors (Lipinski definition) is 1. The summed E-state index contributed by atoms with van der Waals surface area (Å²) in [4.78, 5) is 22.6. The number of rotatable bonds is 2. The Morgan fingerprint density at radius 1 is 1.33 bits per heavy atom. The molecule has 1 amide bonds. The van der Waals surface area contributed by atoms with Crippen molar-refractivity contribution in [3.63, 3.8) is 0 Å². The predicted molar refractivity (Wildman–Crippen MR) is 59.8 cm³/mol. The second-order valence-electron chi connectivity index (χ2n) is 4.35. The van der Waals surface area contributed by atoms with Crippen LogP contribution in [-0.2, 0) is 10.0 Å². The van der Waals surface area contributed by atoms with Crippen molar-refractivity contribution in [2.45, 2.75) is 23.8 Å². The molecule has 1 fully saturated rings. The second-order valence-corrected chi connectivity index (χ2v) is 6.14. The maximum Gasteiger partial charge on any atom is 0.335 e. The molecule has 18 heavy (non-hydrogen) atoms. The first-order valence-corrected chi connectivity index (χ1v) is 6.83. The molecule has 1 aliphatic heterocycles. The van der Waals surface area contributed by atoms with Crippen molar-refractivity contribution < 1.29 is 23.1 Å². The van der Waals surface area contributed by atoms with E-state index in [9.17, 15) is 18.0 Å². The summed E-state index contributed by atoms with van der Waals surface area (Å²) in [5.41, 5.74) is -0.0744. The minimum absolute atomic E-state index is 0.0619. The van der Waals surface area contributed by atoms with E-state index in [-0.39, 0.29) is 22.1 Å². The van der Waals surface area contributed by atoms with Gasteiger partial charge in [-0.1, -0.05) is 0 Å². The molecule has 0 spiro atoms. The molecule has 1 aromatic rings. The fourth-order valence-electron chi connectivity index (χ4n) is 2.05. The van der Waals surface area contributed by atoms with Gasteiger partial charge >= 0.3 is 5.97 Å². The zero-order valence-corrected chi connectivity index (χ0v) is 9.98. The Kier molecular flexibility index (Phi) is 2.07. The highest BCUT2D eigenvalue weighted by Crippen LogP contribution is 2.39. The van der Waals surface area contributed by atoms with Crippen molar-refractivity contribution in [2.24, 2.45) is 0 Å². The summed E-state index contributed by atoms with van der Waals surface area (Å²) in [6, 6.07) is 3.29. The molecule has 0 unspecified atom stereocenters. The van der Waals surface area contributed by atoms with E-state index in [1.807, 2.05) is 0 Å². The largest absolute Gasteiger partial charge is 0.478 e. The van der Waals surface area contributed by atoms with Gasteiger partial charge in [-0.3, -0.25) is 4.79 Å². The zero-order chi connectivity index (χ0) is 13.1. The van der Waals surface area contributed by atoms with Crippen LogP contribution in [0.5, 0.6) is 0 Å². The molecule has 0 atom stereocenters. The second kappa shape index (κ2) is 3.32. The highest BCUT2D eigenvalue weighted by atomic mass is 32.2. The molecule has 1 aromatic carbocycles. The summed E-state index contributed by atoms with van der Waals surface area (Å²) >= 11 is 0. The third kappa shape index (κ3) is 1.37. The van der Waals surface area contributed by atoms with Crippen molar-refractivity contribution in [1.82, 2.24) is 4.31 Å². The van der Waals surface area contributed by atoms with Crippen LogP contribution in [0.2, 0.25) is 0 Å². The van der Waals surface area contributed by atoms with Crippen molar-refractivity contribution >= 4 is 21.9 Å². The van der Waals surface area contributed by atoms with Crippen LogP contribution in [0.15, 0.2) is 23.1 Å². The van der Waals surface area contributed by atoms with Gasteiger partial charge in [0.25, 0.3) is 15.9 Å². The highest BCUT2D eigenvalue weighted by Gasteiger charge is 2.48. The molecule has 94 valence electrons. The van der Waals surface area contributed by atoms with Gasteiger partial charge < -0.3 is 5.11 Å². The number of aromatic carboxylic acids is 1. The van der Waals surface area contributed by atoms with Gasteiger partial charge in [0.15, 0.2) is 0 Å². The topological polar surface area (TPSA) is 91.8 Å². The molecule has 0 radical (unpaired) electrons. The first-order chi connectivity index (χ1) is 8.43. The summed E-state index contributed by atoms with van der Waals surface area (Å²) < 4.78 is 25.2. The molecule has 0 saturated heterocycles. The van der Waals surface area contributed by atoms with Crippen LogP contribution in [0.3, 0.4) is 0 Å². The molecule has 2 aliphatic rings.